The van der Waals surface area contributed by atoms with Gasteiger partial charge in [-0.2, -0.15) is 0 Å². The summed E-state index contributed by atoms with van der Waals surface area (Å²) < 4.78 is 5.36. The summed E-state index contributed by atoms with van der Waals surface area (Å²) in [5, 5.41) is 5.37. The monoisotopic (exact) mass is 400 g/mol. The number of hydrogen-bond acceptors (Lipinski definition) is 5. The van der Waals surface area contributed by atoms with Crippen molar-refractivity contribution in [2.75, 3.05) is 10.6 Å². The zero-order valence-corrected chi connectivity index (χ0v) is 16.9. The highest BCUT2D eigenvalue weighted by Crippen LogP contribution is 2.29. The molecule has 7 heteroatoms. The predicted molar refractivity (Wildman–Crippen MR) is 110 cm³/mol. The third kappa shape index (κ3) is 5.19. The Kier molecular flexibility index (Phi) is 6.46. The standard InChI is InChI=1S/C21H24N2O4S/c1-13(20(25)23-17-10-8-16(9-11-17)22-14(2)24)27-21(26)19-12-15-6-4-3-5-7-18(15)28-19/h8-13H,3-7H2,1-2H3,(H,22,24)(H,23,25)/t13-/m1/s1. The smallest absolute Gasteiger partial charge is 0.349 e. The Hall–Kier alpha value is -2.67. The Labute approximate surface area is 168 Å². The van der Waals surface area contributed by atoms with Crippen LogP contribution < -0.4 is 10.6 Å². The molecule has 1 aromatic carbocycles. The molecule has 0 saturated carbocycles. The summed E-state index contributed by atoms with van der Waals surface area (Å²) in [5.74, 6) is -1.02. The van der Waals surface area contributed by atoms with Gasteiger partial charge >= 0.3 is 5.97 Å². The van der Waals surface area contributed by atoms with Crippen LogP contribution in [-0.4, -0.2) is 23.9 Å². The molecule has 0 fully saturated rings. The van der Waals surface area contributed by atoms with Gasteiger partial charge in [0.05, 0.1) is 0 Å². The summed E-state index contributed by atoms with van der Waals surface area (Å²) in [5.41, 5.74) is 2.44. The molecule has 1 aliphatic rings. The average molecular weight is 401 g/mol. The van der Waals surface area contributed by atoms with Crippen molar-refractivity contribution in [2.45, 2.75) is 52.1 Å². The summed E-state index contributed by atoms with van der Waals surface area (Å²) in [6, 6.07) is 8.64. The molecule has 148 valence electrons. The van der Waals surface area contributed by atoms with Crippen molar-refractivity contribution >= 4 is 40.5 Å². The lowest BCUT2D eigenvalue weighted by molar-refractivity contribution is -0.123. The van der Waals surface area contributed by atoms with Crippen LogP contribution in [0.2, 0.25) is 0 Å². The van der Waals surface area contributed by atoms with E-state index in [1.165, 1.54) is 35.1 Å². The van der Waals surface area contributed by atoms with Gasteiger partial charge in [-0.05, 0) is 68.5 Å². The number of nitrogens with one attached hydrogen (secondary N) is 2. The first-order valence-corrected chi connectivity index (χ1v) is 10.2. The highest BCUT2D eigenvalue weighted by Gasteiger charge is 2.22. The molecule has 1 aliphatic carbocycles. The molecule has 0 saturated heterocycles. The molecule has 0 bridgehead atoms. The normalized spacial score (nSPS) is 14.4. The molecule has 1 atom stereocenters. The number of rotatable bonds is 5. The molecule has 3 rings (SSSR count). The Bertz CT molecular complexity index is 850. The summed E-state index contributed by atoms with van der Waals surface area (Å²) in [4.78, 5) is 37.6. The van der Waals surface area contributed by atoms with Crippen molar-refractivity contribution in [2.24, 2.45) is 0 Å². The molecule has 2 N–H and O–H groups in total. The maximum absolute atomic E-state index is 12.4. The van der Waals surface area contributed by atoms with E-state index >= 15 is 0 Å². The first-order chi connectivity index (χ1) is 13.4. The molecular formula is C21H24N2O4S. The van der Waals surface area contributed by atoms with E-state index in [1.54, 1.807) is 31.2 Å². The number of carbonyl (C=O) groups is 3. The van der Waals surface area contributed by atoms with Gasteiger partial charge in [0.25, 0.3) is 5.91 Å². The van der Waals surface area contributed by atoms with Crippen LogP contribution in [0.15, 0.2) is 30.3 Å². The van der Waals surface area contributed by atoms with Crippen LogP contribution in [0.4, 0.5) is 11.4 Å². The second-order valence-corrected chi connectivity index (χ2v) is 8.05. The van der Waals surface area contributed by atoms with Crippen molar-refractivity contribution in [3.8, 4) is 0 Å². The lowest BCUT2D eigenvalue weighted by atomic mass is 10.1. The quantitative estimate of drug-likeness (QED) is 0.583. The fraction of sp³-hybridized carbons (Fsp3) is 0.381. The molecule has 2 aromatic rings. The summed E-state index contributed by atoms with van der Waals surface area (Å²) in [6.07, 6.45) is 4.63. The van der Waals surface area contributed by atoms with Crippen molar-refractivity contribution in [3.63, 3.8) is 0 Å². The zero-order valence-electron chi connectivity index (χ0n) is 16.0. The maximum Gasteiger partial charge on any atom is 0.349 e. The number of thiophene rings is 1. The lowest BCUT2D eigenvalue weighted by Crippen LogP contribution is -2.29. The van der Waals surface area contributed by atoms with E-state index in [-0.39, 0.29) is 5.91 Å². The van der Waals surface area contributed by atoms with E-state index in [0.717, 1.165) is 25.7 Å². The number of benzene rings is 1. The SMILES string of the molecule is CC(=O)Nc1ccc(NC(=O)[C@@H](C)OC(=O)c2cc3c(s2)CCCCC3)cc1. The van der Waals surface area contributed by atoms with Gasteiger partial charge in [-0.15, -0.1) is 11.3 Å². The molecule has 6 nitrogen and oxygen atoms in total. The number of ether oxygens (including phenoxy) is 1. The maximum atomic E-state index is 12.4. The third-order valence-corrected chi connectivity index (χ3v) is 5.79. The fourth-order valence-electron chi connectivity index (χ4n) is 3.12. The number of amides is 2. The largest absolute Gasteiger partial charge is 0.448 e. The second-order valence-electron chi connectivity index (χ2n) is 6.92. The number of carbonyl (C=O) groups excluding carboxylic acids is 3. The number of esters is 1. The van der Waals surface area contributed by atoms with Crippen LogP contribution in [0.5, 0.6) is 0 Å². The van der Waals surface area contributed by atoms with Crippen LogP contribution in [0, 0.1) is 0 Å². The van der Waals surface area contributed by atoms with Gasteiger partial charge in [0.1, 0.15) is 4.88 Å². The van der Waals surface area contributed by atoms with Gasteiger partial charge in [0, 0.05) is 23.2 Å². The van der Waals surface area contributed by atoms with Gasteiger partial charge in [-0.3, -0.25) is 9.59 Å². The summed E-state index contributed by atoms with van der Waals surface area (Å²) >= 11 is 1.48. The van der Waals surface area contributed by atoms with E-state index in [0.29, 0.717) is 16.3 Å². The lowest BCUT2D eigenvalue weighted by Gasteiger charge is -2.13. The number of fused-ring (bicyclic) bond motifs is 1. The van der Waals surface area contributed by atoms with Crippen molar-refractivity contribution < 1.29 is 19.1 Å². The number of anilines is 2. The van der Waals surface area contributed by atoms with Crippen LogP contribution in [0.3, 0.4) is 0 Å². The van der Waals surface area contributed by atoms with Crippen LogP contribution in [0.25, 0.3) is 0 Å². The molecule has 0 aliphatic heterocycles. The fourth-order valence-corrected chi connectivity index (χ4v) is 4.26. The predicted octanol–water partition coefficient (Wildman–Crippen LogP) is 4.16. The molecule has 1 aromatic heterocycles. The van der Waals surface area contributed by atoms with Crippen LogP contribution >= 0.6 is 11.3 Å². The molecule has 0 spiro atoms. The van der Waals surface area contributed by atoms with E-state index < -0.39 is 18.0 Å². The molecule has 0 unspecified atom stereocenters. The second kappa shape index (κ2) is 9.01. The summed E-state index contributed by atoms with van der Waals surface area (Å²) in [6.45, 7) is 2.98. The van der Waals surface area contributed by atoms with Crippen molar-refractivity contribution in [1.29, 1.82) is 0 Å². The Morgan fingerprint density at radius 1 is 1.00 bits per heavy atom. The topological polar surface area (TPSA) is 84.5 Å². The Balaban J connectivity index is 1.56. The third-order valence-electron chi connectivity index (χ3n) is 4.57. The molecule has 0 radical (unpaired) electrons. The van der Waals surface area contributed by atoms with E-state index in [9.17, 15) is 14.4 Å². The van der Waals surface area contributed by atoms with Gasteiger partial charge < -0.3 is 15.4 Å². The van der Waals surface area contributed by atoms with E-state index in [4.69, 9.17) is 4.74 Å². The zero-order chi connectivity index (χ0) is 20.1. The van der Waals surface area contributed by atoms with Crippen LogP contribution in [0.1, 0.15) is 53.2 Å². The minimum Gasteiger partial charge on any atom is -0.448 e. The Morgan fingerprint density at radius 2 is 1.64 bits per heavy atom. The first-order valence-electron chi connectivity index (χ1n) is 9.43. The van der Waals surface area contributed by atoms with Gasteiger partial charge in [-0.25, -0.2) is 4.79 Å². The van der Waals surface area contributed by atoms with Crippen molar-refractivity contribution in [3.05, 3.63) is 45.6 Å². The highest BCUT2D eigenvalue weighted by atomic mass is 32.1. The van der Waals surface area contributed by atoms with Crippen LogP contribution in [-0.2, 0) is 27.2 Å². The highest BCUT2D eigenvalue weighted by molar-refractivity contribution is 7.14. The minimum absolute atomic E-state index is 0.164. The van der Waals surface area contributed by atoms with E-state index in [1.807, 2.05) is 6.07 Å². The molecule has 2 amide bonds. The van der Waals surface area contributed by atoms with Gasteiger partial charge in [-0.1, -0.05) is 6.42 Å². The Morgan fingerprint density at radius 3 is 2.32 bits per heavy atom. The average Bonchev–Trinajstić information content (AvgIpc) is 2.93. The molecule has 28 heavy (non-hydrogen) atoms. The molecular weight excluding hydrogens is 376 g/mol. The van der Waals surface area contributed by atoms with E-state index in [2.05, 4.69) is 10.6 Å². The van der Waals surface area contributed by atoms with Crippen molar-refractivity contribution in [1.82, 2.24) is 0 Å². The molecule has 1 heterocycles. The van der Waals surface area contributed by atoms with Gasteiger partial charge in [0.2, 0.25) is 5.91 Å². The summed E-state index contributed by atoms with van der Waals surface area (Å²) in [7, 11) is 0. The van der Waals surface area contributed by atoms with Gasteiger partial charge in [0.15, 0.2) is 6.10 Å². The minimum atomic E-state index is -0.913. The first kappa shape index (κ1) is 20.1. The number of hydrogen-bond donors (Lipinski definition) is 2. The number of aryl methyl sites for hydroxylation is 2.